The molecule has 1 aliphatic heterocycles. The number of nitrogens with one attached hydrogen (secondary N) is 1. The van der Waals surface area contributed by atoms with Gasteiger partial charge in [-0.1, -0.05) is 23.9 Å². The van der Waals surface area contributed by atoms with E-state index in [9.17, 15) is 4.79 Å². The summed E-state index contributed by atoms with van der Waals surface area (Å²) in [7, 11) is 1.59. The maximum atomic E-state index is 12.3. The first-order chi connectivity index (χ1) is 13.7. The summed E-state index contributed by atoms with van der Waals surface area (Å²) in [4.78, 5) is 14.6. The van der Waals surface area contributed by atoms with Crippen LogP contribution in [0.2, 0.25) is 0 Å². The third-order valence-corrected chi connectivity index (χ3v) is 5.23. The number of hydrogen-bond acceptors (Lipinski definition) is 7. The molecule has 1 amide bonds. The maximum Gasteiger partial charge on any atom is 0.234 e. The van der Waals surface area contributed by atoms with Crippen molar-refractivity contribution in [2.24, 2.45) is 0 Å². The van der Waals surface area contributed by atoms with Crippen molar-refractivity contribution >= 4 is 23.4 Å². The van der Waals surface area contributed by atoms with Gasteiger partial charge in [-0.3, -0.25) is 9.69 Å². The number of allylic oxidation sites excluding steroid dienone is 1. The average Bonchev–Trinajstić information content (AvgIpc) is 3.09. The van der Waals surface area contributed by atoms with Gasteiger partial charge >= 0.3 is 0 Å². The Balaban J connectivity index is 1.59. The van der Waals surface area contributed by atoms with Gasteiger partial charge < -0.3 is 19.4 Å². The lowest BCUT2D eigenvalue weighted by atomic mass is 10.3. The fourth-order valence-corrected chi connectivity index (χ4v) is 3.61. The standard InChI is InChI=1S/C19H25N5O3S/c1-3-7-24-17(13-23-8-10-27-11-9-23)21-22-19(24)28-14-18(25)20-15-5-4-6-16(12-15)26-2/h3-6,12H,1,7-11,13-14H2,2H3,(H,20,25). The van der Waals surface area contributed by atoms with Crippen molar-refractivity contribution in [2.45, 2.75) is 18.2 Å². The van der Waals surface area contributed by atoms with E-state index in [0.29, 0.717) is 29.7 Å². The topological polar surface area (TPSA) is 81.5 Å². The van der Waals surface area contributed by atoms with Crippen LogP contribution in [0, 0.1) is 0 Å². The number of nitrogens with zero attached hydrogens (tertiary/aromatic N) is 4. The van der Waals surface area contributed by atoms with E-state index in [4.69, 9.17) is 9.47 Å². The molecule has 9 heteroatoms. The van der Waals surface area contributed by atoms with Gasteiger partial charge in [0.2, 0.25) is 5.91 Å². The summed E-state index contributed by atoms with van der Waals surface area (Å²) in [6.45, 7) is 8.37. The molecule has 3 rings (SSSR count). The van der Waals surface area contributed by atoms with Crippen LogP contribution >= 0.6 is 11.8 Å². The molecule has 0 aliphatic carbocycles. The lowest BCUT2D eigenvalue weighted by molar-refractivity contribution is -0.113. The number of amides is 1. The normalized spacial score (nSPS) is 14.6. The summed E-state index contributed by atoms with van der Waals surface area (Å²) in [6, 6.07) is 7.27. The number of morpholine rings is 1. The minimum Gasteiger partial charge on any atom is -0.497 e. The molecule has 1 fully saturated rings. The molecule has 1 aromatic carbocycles. The molecule has 0 spiro atoms. The Labute approximate surface area is 168 Å². The molecule has 2 heterocycles. The fourth-order valence-electron chi connectivity index (χ4n) is 2.84. The number of benzene rings is 1. The molecular formula is C19H25N5O3S. The molecule has 1 N–H and O–H groups in total. The van der Waals surface area contributed by atoms with Crippen LogP contribution in [0.5, 0.6) is 5.75 Å². The van der Waals surface area contributed by atoms with Crippen molar-refractivity contribution in [2.75, 3.05) is 44.5 Å². The Morgan fingerprint density at radius 2 is 2.21 bits per heavy atom. The van der Waals surface area contributed by atoms with Crippen molar-refractivity contribution in [3.8, 4) is 5.75 Å². The molecule has 1 saturated heterocycles. The highest BCUT2D eigenvalue weighted by Gasteiger charge is 2.18. The van der Waals surface area contributed by atoms with Crippen LogP contribution in [0.1, 0.15) is 5.82 Å². The predicted molar refractivity (Wildman–Crippen MR) is 109 cm³/mol. The second-order valence-electron chi connectivity index (χ2n) is 6.26. The Hall–Kier alpha value is -2.36. The van der Waals surface area contributed by atoms with Gasteiger partial charge in [0.25, 0.3) is 0 Å². The Morgan fingerprint density at radius 3 is 2.96 bits per heavy atom. The summed E-state index contributed by atoms with van der Waals surface area (Å²) in [5.74, 6) is 1.70. The summed E-state index contributed by atoms with van der Waals surface area (Å²) in [5, 5.41) is 12.2. The minimum atomic E-state index is -0.110. The lowest BCUT2D eigenvalue weighted by Gasteiger charge is -2.26. The van der Waals surface area contributed by atoms with Crippen LogP contribution in [0.25, 0.3) is 0 Å². The molecule has 0 unspecified atom stereocenters. The molecular weight excluding hydrogens is 378 g/mol. The third-order valence-electron chi connectivity index (χ3n) is 4.26. The van der Waals surface area contributed by atoms with Crippen molar-refractivity contribution in [3.05, 3.63) is 42.7 Å². The van der Waals surface area contributed by atoms with E-state index in [1.54, 1.807) is 13.2 Å². The monoisotopic (exact) mass is 403 g/mol. The molecule has 150 valence electrons. The number of rotatable bonds is 9. The van der Waals surface area contributed by atoms with Gasteiger partial charge in [-0.2, -0.15) is 0 Å². The Kier molecular flexibility index (Phi) is 7.46. The van der Waals surface area contributed by atoms with Crippen LogP contribution in [-0.4, -0.2) is 64.7 Å². The van der Waals surface area contributed by atoms with Crippen LogP contribution < -0.4 is 10.1 Å². The highest BCUT2D eigenvalue weighted by Crippen LogP contribution is 2.20. The Morgan fingerprint density at radius 1 is 1.39 bits per heavy atom. The molecule has 0 bridgehead atoms. The number of thioether (sulfide) groups is 1. The first kappa shape index (κ1) is 20.4. The summed E-state index contributed by atoms with van der Waals surface area (Å²) in [5.41, 5.74) is 0.700. The van der Waals surface area contributed by atoms with Crippen molar-refractivity contribution < 1.29 is 14.3 Å². The zero-order valence-electron chi connectivity index (χ0n) is 16.0. The van der Waals surface area contributed by atoms with Crippen molar-refractivity contribution in [1.82, 2.24) is 19.7 Å². The Bertz CT molecular complexity index is 805. The number of hydrogen-bond donors (Lipinski definition) is 1. The number of aromatic nitrogens is 3. The highest BCUT2D eigenvalue weighted by atomic mass is 32.2. The largest absolute Gasteiger partial charge is 0.497 e. The molecule has 1 aliphatic rings. The number of anilines is 1. The van der Waals surface area contributed by atoms with E-state index in [-0.39, 0.29) is 11.7 Å². The number of carbonyl (C=O) groups is 1. The summed E-state index contributed by atoms with van der Waals surface area (Å²) < 4.78 is 12.6. The highest BCUT2D eigenvalue weighted by molar-refractivity contribution is 7.99. The van der Waals surface area contributed by atoms with Crippen molar-refractivity contribution in [1.29, 1.82) is 0 Å². The lowest BCUT2D eigenvalue weighted by Crippen LogP contribution is -2.36. The smallest absolute Gasteiger partial charge is 0.234 e. The second-order valence-corrected chi connectivity index (χ2v) is 7.20. The van der Waals surface area contributed by atoms with Crippen molar-refractivity contribution in [3.63, 3.8) is 0 Å². The number of carbonyl (C=O) groups excluding carboxylic acids is 1. The van der Waals surface area contributed by atoms with Crippen LogP contribution in [0.3, 0.4) is 0 Å². The molecule has 1 aromatic heterocycles. The zero-order chi connectivity index (χ0) is 19.8. The summed E-state index contributed by atoms with van der Waals surface area (Å²) >= 11 is 1.36. The van der Waals surface area contributed by atoms with Gasteiger partial charge in [0.05, 0.1) is 32.6 Å². The van der Waals surface area contributed by atoms with E-state index in [2.05, 4.69) is 27.0 Å². The molecule has 8 nitrogen and oxygen atoms in total. The predicted octanol–water partition coefficient (Wildman–Crippen LogP) is 2.04. The maximum absolute atomic E-state index is 12.3. The van der Waals surface area contributed by atoms with Crippen LogP contribution in [-0.2, 0) is 22.6 Å². The molecule has 0 atom stereocenters. The van der Waals surface area contributed by atoms with Gasteiger partial charge in [0.15, 0.2) is 5.16 Å². The van der Waals surface area contributed by atoms with Crippen LogP contribution in [0.15, 0.2) is 42.1 Å². The fraction of sp³-hybridized carbons (Fsp3) is 0.421. The van der Waals surface area contributed by atoms with Gasteiger partial charge in [-0.05, 0) is 12.1 Å². The van der Waals surface area contributed by atoms with Gasteiger partial charge in [0.1, 0.15) is 11.6 Å². The van der Waals surface area contributed by atoms with Gasteiger partial charge in [0, 0.05) is 31.4 Å². The first-order valence-corrected chi connectivity index (χ1v) is 10.1. The molecule has 0 radical (unpaired) electrons. The van der Waals surface area contributed by atoms with Gasteiger partial charge in [-0.15, -0.1) is 16.8 Å². The number of ether oxygens (including phenoxy) is 2. The second kappa shape index (κ2) is 10.3. The van der Waals surface area contributed by atoms with E-state index in [0.717, 1.165) is 32.1 Å². The van der Waals surface area contributed by atoms with E-state index >= 15 is 0 Å². The SMILES string of the molecule is C=CCn1c(CN2CCOCC2)nnc1SCC(=O)Nc1cccc(OC)c1. The zero-order valence-corrected chi connectivity index (χ0v) is 16.8. The van der Waals surface area contributed by atoms with E-state index in [1.807, 2.05) is 28.8 Å². The quantitative estimate of drug-likeness (QED) is 0.507. The summed E-state index contributed by atoms with van der Waals surface area (Å²) in [6.07, 6.45) is 1.81. The van der Waals surface area contributed by atoms with Gasteiger partial charge in [-0.25, -0.2) is 0 Å². The van der Waals surface area contributed by atoms with E-state index in [1.165, 1.54) is 11.8 Å². The molecule has 0 saturated carbocycles. The number of methoxy groups -OCH3 is 1. The van der Waals surface area contributed by atoms with E-state index < -0.39 is 0 Å². The third kappa shape index (κ3) is 5.57. The first-order valence-electron chi connectivity index (χ1n) is 9.09. The van der Waals surface area contributed by atoms with Crippen LogP contribution in [0.4, 0.5) is 5.69 Å². The molecule has 2 aromatic rings. The molecule has 28 heavy (non-hydrogen) atoms. The average molecular weight is 404 g/mol. The minimum absolute atomic E-state index is 0.110.